The number of hydrogen-bond acceptors (Lipinski definition) is 4. The summed E-state index contributed by atoms with van der Waals surface area (Å²) in [5.74, 6) is -1.54. The Balaban J connectivity index is 3.68. The van der Waals surface area contributed by atoms with Gasteiger partial charge in [0.25, 0.3) is 6.20 Å². The van der Waals surface area contributed by atoms with Gasteiger partial charge in [-0.05, 0) is 0 Å². The zero-order valence-corrected chi connectivity index (χ0v) is 3.20. The molecular weight excluding hydrogens is 102 g/mol. The standard InChI is InChI=1S/C2H3NO4/c4-2(5)1-3(6)7/h1,4-5H/p-1. The predicted octanol–water partition coefficient (Wildman–Crippen LogP) is -1.02. The van der Waals surface area contributed by atoms with Crippen LogP contribution in [0.2, 0.25) is 0 Å². The number of rotatable bonds is 1. The maximum Gasteiger partial charge on any atom is 0.255 e. The lowest BCUT2D eigenvalue weighted by atomic mass is 10.9. The van der Waals surface area contributed by atoms with Crippen molar-refractivity contribution in [2.45, 2.75) is 0 Å². The van der Waals surface area contributed by atoms with E-state index in [2.05, 4.69) is 0 Å². The van der Waals surface area contributed by atoms with Crippen molar-refractivity contribution in [2.24, 2.45) is 0 Å². The van der Waals surface area contributed by atoms with E-state index in [-0.39, 0.29) is 6.20 Å². The molecule has 0 radical (unpaired) electrons. The summed E-state index contributed by atoms with van der Waals surface area (Å²) in [6.45, 7) is 0. The van der Waals surface area contributed by atoms with Crippen molar-refractivity contribution in [1.29, 1.82) is 0 Å². The number of nitrogens with zero attached hydrogens (tertiary/aromatic N) is 1. The Kier molecular flexibility index (Phi) is 1.65. The summed E-state index contributed by atoms with van der Waals surface area (Å²) in [5, 5.41) is 26.1. The minimum Gasteiger partial charge on any atom is -0.625 e. The second-order valence-corrected chi connectivity index (χ2v) is 0.753. The largest absolute Gasteiger partial charge is 0.625 e. The third-order valence-corrected chi connectivity index (χ3v) is 0.216. The molecule has 0 spiro atoms. The van der Waals surface area contributed by atoms with Gasteiger partial charge in [-0.15, -0.1) is 0 Å². The molecule has 0 bridgehead atoms. The van der Waals surface area contributed by atoms with Crippen LogP contribution in [0.25, 0.3) is 0 Å². The molecule has 0 aromatic rings. The summed E-state index contributed by atoms with van der Waals surface area (Å²) in [5.41, 5.74) is 0. The topological polar surface area (TPSA) is 86.4 Å². The normalized spacial score (nSPS) is 11.1. The molecule has 40 valence electrons. The van der Waals surface area contributed by atoms with E-state index < -0.39 is 10.9 Å². The van der Waals surface area contributed by atoms with E-state index in [1.165, 1.54) is 0 Å². The number of aliphatic hydroxyl groups excluding tert-OH is 1. The zero-order valence-electron chi connectivity index (χ0n) is 3.20. The van der Waals surface area contributed by atoms with Gasteiger partial charge in [0.15, 0.2) is 0 Å². The lowest BCUT2D eigenvalue weighted by molar-refractivity contribution is -0.433. The average Bonchev–Trinajstić information content (AvgIpc) is 1.27. The summed E-state index contributed by atoms with van der Waals surface area (Å²) in [6.07, 6.45) is -0.0278. The minimum absolute atomic E-state index is 0.0278. The van der Waals surface area contributed by atoms with E-state index in [0.717, 1.165) is 0 Å². The van der Waals surface area contributed by atoms with Gasteiger partial charge in [0.2, 0.25) is 0 Å². The van der Waals surface area contributed by atoms with Gasteiger partial charge in [-0.1, -0.05) is 0 Å². The van der Waals surface area contributed by atoms with Crippen LogP contribution in [0.4, 0.5) is 0 Å². The molecule has 0 atom stereocenters. The van der Waals surface area contributed by atoms with Crippen LogP contribution in [-0.2, 0) is 0 Å². The van der Waals surface area contributed by atoms with E-state index in [4.69, 9.17) is 5.11 Å². The Labute approximate surface area is 38.7 Å². The Morgan fingerprint density at radius 3 is 2.29 bits per heavy atom. The fourth-order valence-corrected chi connectivity index (χ4v) is 0.0902. The third-order valence-electron chi connectivity index (χ3n) is 0.216. The van der Waals surface area contributed by atoms with Crippen LogP contribution in [0.5, 0.6) is 0 Å². The average molecular weight is 104 g/mol. The number of aliphatic hydroxyl groups is 1. The van der Waals surface area contributed by atoms with Gasteiger partial charge in [-0.3, -0.25) is 10.1 Å². The second-order valence-electron chi connectivity index (χ2n) is 0.753. The molecule has 0 aliphatic carbocycles. The van der Waals surface area contributed by atoms with Crippen molar-refractivity contribution >= 4 is 0 Å². The first-order chi connectivity index (χ1) is 3.13. The highest BCUT2D eigenvalue weighted by Crippen LogP contribution is 1.72. The third kappa shape index (κ3) is 4.74. The summed E-state index contributed by atoms with van der Waals surface area (Å²) in [4.78, 5) is 8.15. The molecule has 0 unspecified atom stereocenters. The van der Waals surface area contributed by atoms with Crippen molar-refractivity contribution in [3.05, 3.63) is 22.3 Å². The van der Waals surface area contributed by atoms with E-state index >= 15 is 0 Å². The minimum atomic E-state index is -1.54. The van der Waals surface area contributed by atoms with Gasteiger partial charge in [0, 0.05) is 0 Å². The molecule has 5 heteroatoms. The molecule has 0 saturated heterocycles. The Hall–Kier alpha value is -1.26. The van der Waals surface area contributed by atoms with Crippen LogP contribution < -0.4 is 5.11 Å². The SMILES string of the molecule is O=[N+]([O-])C=C([O-])O. The van der Waals surface area contributed by atoms with Crippen LogP contribution in [0.3, 0.4) is 0 Å². The molecule has 0 amide bonds. The van der Waals surface area contributed by atoms with E-state index in [1.807, 2.05) is 0 Å². The molecule has 7 heavy (non-hydrogen) atoms. The molecule has 0 aliphatic rings. The first kappa shape index (κ1) is 5.74. The quantitative estimate of drug-likeness (QED) is 0.262. The molecule has 0 rings (SSSR count). The maximum atomic E-state index is 9.31. The monoisotopic (exact) mass is 104 g/mol. The molecule has 0 heterocycles. The summed E-state index contributed by atoms with van der Waals surface area (Å²) in [6, 6.07) is 0. The molecule has 1 N–H and O–H groups in total. The molecule has 0 aromatic carbocycles. The van der Waals surface area contributed by atoms with Crippen LogP contribution in [-0.4, -0.2) is 10.0 Å². The fourth-order valence-electron chi connectivity index (χ4n) is 0.0902. The molecule has 0 saturated carbocycles. The summed E-state index contributed by atoms with van der Waals surface area (Å²) < 4.78 is 0. The Morgan fingerprint density at radius 2 is 2.29 bits per heavy atom. The zero-order chi connectivity index (χ0) is 5.86. The Morgan fingerprint density at radius 1 is 1.86 bits per heavy atom. The highest BCUT2D eigenvalue weighted by Gasteiger charge is 1.81. The smallest absolute Gasteiger partial charge is 0.255 e. The summed E-state index contributed by atoms with van der Waals surface area (Å²) in [7, 11) is 0. The molecule has 5 nitrogen and oxygen atoms in total. The number of nitro groups is 1. The molecular formula is C2H2NO4-. The lowest BCUT2D eigenvalue weighted by Crippen LogP contribution is -2.03. The highest BCUT2D eigenvalue weighted by molar-refractivity contribution is 4.62. The van der Waals surface area contributed by atoms with E-state index in [0.29, 0.717) is 0 Å². The first-order valence-corrected chi connectivity index (χ1v) is 1.34. The summed E-state index contributed by atoms with van der Waals surface area (Å²) >= 11 is 0. The predicted molar refractivity (Wildman–Crippen MR) is 17.7 cm³/mol. The molecule has 0 fully saturated rings. The lowest BCUT2D eigenvalue weighted by Gasteiger charge is -1.87. The van der Waals surface area contributed by atoms with E-state index in [1.54, 1.807) is 0 Å². The van der Waals surface area contributed by atoms with Crippen LogP contribution in [0.15, 0.2) is 12.1 Å². The van der Waals surface area contributed by atoms with Crippen molar-refractivity contribution in [2.75, 3.05) is 0 Å². The van der Waals surface area contributed by atoms with Gasteiger partial charge < -0.3 is 10.2 Å². The van der Waals surface area contributed by atoms with Gasteiger partial charge >= 0.3 is 0 Å². The fraction of sp³-hybridized carbons (Fsp3) is 0. The van der Waals surface area contributed by atoms with Gasteiger partial charge in [0.1, 0.15) is 5.95 Å². The Bertz CT molecular complexity index is 102. The first-order valence-electron chi connectivity index (χ1n) is 1.34. The van der Waals surface area contributed by atoms with Gasteiger partial charge in [-0.2, -0.15) is 0 Å². The molecule has 0 aliphatic heterocycles. The van der Waals surface area contributed by atoms with Gasteiger partial charge in [0.05, 0.1) is 4.92 Å². The van der Waals surface area contributed by atoms with Crippen molar-refractivity contribution in [3.63, 3.8) is 0 Å². The van der Waals surface area contributed by atoms with Gasteiger partial charge in [-0.25, -0.2) is 0 Å². The van der Waals surface area contributed by atoms with E-state index in [9.17, 15) is 15.2 Å². The van der Waals surface area contributed by atoms with Crippen LogP contribution in [0, 0.1) is 10.1 Å². The van der Waals surface area contributed by atoms with Crippen molar-refractivity contribution in [1.82, 2.24) is 0 Å². The van der Waals surface area contributed by atoms with Crippen molar-refractivity contribution < 1.29 is 15.1 Å². The highest BCUT2D eigenvalue weighted by atomic mass is 16.6. The molecule has 0 aromatic heterocycles. The van der Waals surface area contributed by atoms with Crippen LogP contribution >= 0.6 is 0 Å². The maximum absolute atomic E-state index is 9.31. The van der Waals surface area contributed by atoms with Crippen LogP contribution in [0.1, 0.15) is 0 Å². The second kappa shape index (κ2) is 2.01. The van der Waals surface area contributed by atoms with Crippen molar-refractivity contribution in [3.8, 4) is 0 Å². The number of hydrogen-bond donors (Lipinski definition) is 1.